The van der Waals surface area contributed by atoms with E-state index in [1.807, 2.05) is 13.1 Å². The van der Waals surface area contributed by atoms with Gasteiger partial charge in [-0.25, -0.2) is 4.98 Å². The predicted molar refractivity (Wildman–Crippen MR) is 83.0 cm³/mol. The summed E-state index contributed by atoms with van der Waals surface area (Å²) in [6.45, 7) is 9.05. The molecule has 0 aromatic carbocycles. The molecule has 1 saturated heterocycles. The molecule has 1 aliphatic heterocycles. The Bertz CT molecular complexity index is 433. The van der Waals surface area contributed by atoms with E-state index in [-0.39, 0.29) is 0 Å². The second kappa shape index (κ2) is 6.55. The highest BCUT2D eigenvalue weighted by Crippen LogP contribution is 2.25. The van der Waals surface area contributed by atoms with Gasteiger partial charge in [0, 0.05) is 25.3 Å². The first-order valence-electron chi connectivity index (χ1n) is 7.68. The molecule has 1 aromatic heterocycles. The van der Waals surface area contributed by atoms with E-state index in [1.165, 1.54) is 5.56 Å². The maximum absolute atomic E-state index is 10.2. The lowest BCUT2D eigenvalue weighted by Crippen LogP contribution is -2.29. The van der Waals surface area contributed by atoms with Crippen LogP contribution in [0.5, 0.6) is 0 Å². The Hall–Kier alpha value is -1.13. The maximum Gasteiger partial charge on any atom is 0.128 e. The molecule has 2 N–H and O–H groups in total. The molecule has 2 unspecified atom stereocenters. The summed E-state index contributed by atoms with van der Waals surface area (Å²) in [5.74, 6) is 1.03. The van der Waals surface area contributed by atoms with E-state index >= 15 is 0 Å². The summed E-state index contributed by atoms with van der Waals surface area (Å²) >= 11 is 0. The summed E-state index contributed by atoms with van der Waals surface area (Å²) in [6.07, 6.45) is 4.59. The van der Waals surface area contributed by atoms with Crippen LogP contribution in [0.1, 0.15) is 51.6 Å². The summed E-state index contributed by atoms with van der Waals surface area (Å²) in [5, 5.41) is 13.6. The second-order valence-electron chi connectivity index (χ2n) is 6.06. The molecule has 1 aliphatic rings. The van der Waals surface area contributed by atoms with Crippen molar-refractivity contribution in [1.29, 1.82) is 0 Å². The van der Waals surface area contributed by atoms with E-state index in [0.29, 0.717) is 6.04 Å². The fraction of sp³-hybridized carbons (Fsp3) is 0.688. The molecule has 0 spiro atoms. The lowest BCUT2D eigenvalue weighted by molar-refractivity contribution is 0.0481. The average molecular weight is 277 g/mol. The van der Waals surface area contributed by atoms with Crippen molar-refractivity contribution in [2.24, 2.45) is 0 Å². The largest absolute Gasteiger partial charge is 0.390 e. The highest BCUT2D eigenvalue weighted by atomic mass is 16.3. The van der Waals surface area contributed by atoms with Crippen molar-refractivity contribution in [1.82, 2.24) is 10.3 Å². The van der Waals surface area contributed by atoms with Crippen LogP contribution in [0, 0.1) is 0 Å². The number of nitrogens with zero attached hydrogens (tertiary/aromatic N) is 2. The van der Waals surface area contributed by atoms with Gasteiger partial charge in [0.05, 0.1) is 5.60 Å². The fourth-order valence-corrected chi connectivity index (χ4v) is 2.79. The van der Waals surface area contributed by atoms with Crippen LogP contribution in [-0.4, -0.2) is 35.3 Å². The van der Waals surface area contributed by atoms with E-state index in [2.05, 4.69) is 41.2 Å². The van der Waals surface area contributed by atoms with Crippen molar-refractivity contribution < 1.29 is 5.11 Å². The minimum absolute atomic E-state index is 0.344. The van der Waals surface area contributed by atoms with E-state index in [1.54, 1.807) is 0 Å². The predicted octanol–water partition coefficient (Wildman–Crippen LogP) is 2.49. The molecule has 2 heterocycles. The Morgan fingerprint density at radius 2 is 2.25 bits per heavy atom. The first-order chi connectivity index (χ1) is 9.52. The highest BCUT2D eigenvalue weighted by molar-refractivity contribution is 5.42. The molecule has 0 amide bonds. The maximum atomic E-state index is 10.2. The van der Waals surface area contributed by atoms with Gasteiger partial charge in [0.1, 0.15) is 5.82 Å². The summed E-state index contributed by atoms with van der Waals surface area (Å²) < 4.78 is 0. The number of pyridine rings is 1. The first kappa shape index (κ1) is 15.3. The SMILES string of the molecule is CCNC(C)c1ccnc(N2CCCC(C)(O)CC2)c1. The van der Waals surface area contributed by atoms with Gasteiger partial charge in [0.2, 0.25) is 0 Å². The lowest BCUT2D eigenvalue weighted by atomic mass is 9.98. The number of aromatic nitrogens is 1. The van der Waals surface area contributed by atoms with E-state index in [0.717, 1.165) is 44.7 Å². The number of nitrogens with one attached hydrogen (secondary N) is 1. The fourth-order valence-electron chi connectivity index (χ4n) is 2.79. The number of hydrogen-bond donors (Lipinski definition) is 2. The van der Waals surface area contributed by atoms with Crippen molar-refractivity contribution in [3.63, 3.8) is 0 Å². The average Bonchev–Trinajstić information content (AvgIpc) is 2.60. The standard InChI is InChI=1S/C16H27N3O/c1-4-17-13(2)14-6-9-18-15(12-14)19-10-5-7-16(3,20)8-11-19/h6,9,12-13,17,20H,4-5,7-8,10-11H2,1-3H3. The molecule has 1 aromatic rings. The molecule has 0 radical (unpaired) electrons. The molecular formula is C16H27N3O. The smallest absolute Gasteiger partial charge is 0.128 e. The zero-order valence-corrected chi connectivity index (χ0v) is 12.9. The molecule has 2 atom stereocenters. The molecule has 0 saturated carbocycles. The van der Waals surface area contributed by atoms with Crippen molar-refractivity contribution in [2.45, 2.75) is 51.7 Å². The third-order valence-corrected chi connectivity index (χ3v) is 4.17. The number of anilines is 1. The molecule has 4 heteroatoms. The van der Waals surface area contributed by atoms with Gasteiger partial charge < -0.3 is 15.3 Å². The van der Waals surface area contributed by atoms with Crippen LogP contribution in [0.4, 0.5) is 5.82 Å². The second-order valence-corrected chi connectivity index (χ2v) is 6.06. The zero-order chi connectivity index (χ0) is 14.6. The Labute approximate surface area is 122 Å². The van der Waals surface area contributed by atoms with Crippen LogP contribution < -0.4 is 10.2 Å². The molecule has 112 valence electrons. The normalized spacial score (nSPS) is 25.3. The molecule has 20 heavy (non-hydrogen) atoms. The summed E-state index contributed by atoms with van der Waals surface area (Å²) in [4.78, 5) is 6.81. The quantitative estimate of drug-likeness (QED) is 0.888. The number of hydrogen-bond acceptors (Lipinski definition) is 4. The van der Waals surface area contributed by atoms with Gasteiger partial charge in [-0.3, -0.25) is 0 Å². The third-order valence-electron chi connectivity index (χ3n) is 4.17. The van der Waals surface area contributed by atoms with Gasteiger partial charge in [0.15, 0.2) is 0 Å². The minimum atomic E-state index is -0.524. The van der Waals surface area contributed by atoms with Crippen LogP contribution in [0.15, 0.2) is 18.3 Å². The summed E-state index contributed by atoms with van der Waals surface area (Å²) in [6, 6.07) is 4.59. The Kier molecular flexibility index (Phi) is 5.00. The summed E-state index contributed by atoms with van der Waals surface area (Å²) in [7, 11) is 0. The van der Waals surface area contributed by atoms with Crippen LogP contribution in [0.25, 0.3) is 0 Å². The van der Waals surface area contributed by atoms with E-state index < -0.39 is 5.60 Å². The topological polar surface area (TPSA) is 48.4 Å². The van der Waals surface area contributed by atoms with Crippen LogP contribution in [-0.2, 0) is 0 Å². The Balaban J connectivity index is 2.10. The lowest BCUT2D eigenvalue weighted by Gasteiger charge is -2.24. The molecular weight excluding hydrogens is 250 g/mol. The van der Waals surface area contributed by atoms with Gasteiger partial charge >= 0.3 is 0 Å². The van der Waals surface area contributed by atoms with Gasteiger partial charge in [-0.1, -0.05) is 6.92 Å². The van der Waals surface area contributed by atoms with Gasteiger partial charge in [0.25, 0.3) is 0 Å². The van der Waals surface area contributed by atoms with Gasteiger partial charge in [-0.2, -0.15) is 0 Å². The Morgan fingerprint density at radius 1 is 1.45 bits per heavy atom. The molecule has 2 rings (SSSR count). The highest BCUT2D eigenvalue weighted by Gasteiger charge is 2.25. The van der Waals surface area contributed by atoms with Crippen LogP contribution in [0.2, 0.25) is 0 Å². The molecule has 4 nitrogen and oxygen atoms in total. The zero-order valence-electron chi connectivity index (χ0n) is 12.9. The molecule has 0 bridgehead atoms. The van der Waals surface area contributed by atoms with Crippen molar-refractivity contribution in [2.75, 3.05) is 24.5 Å². The first-order valence-corrected chi connectivity index (χ1v) is 7.68. The van der Waals surface area contributed by atoms with Gasteiger partial charge in [-0.05, 0) is 57.4 Å². The summed E-state index contributed by atoms with van der Waals surface area (Å²) in [5.41, 5.74) is 0.747. The van der Waals surface area contributed by atoms with Crippen LogP contribution in [0.3, 0.4) is 0 Å². The molecule has 1 fully saturated rings. The monoisotopic (exact) mass is 277 g/mol. The third kappa shape index (κ3) is 3.93. The number of rotatable bonds is 4. The minimum Gasteiger partial charge on any atom is -0.390 e. The Morgan fingerprint density at radius 3 is 3.00 bits per heavy atom. The molecule has 0 aliphatic carbocycles. The van der Waals surface area contributed by atoms with Crippen molar-refractivity contribution in [3.05, 3.63) is 23.9 Å². The van der Waals surface area contributed by atoms with E-state index in [9.17, 15) is 5.11 Å². The number of aliphatic hydroxyl groups is 1. The van der Waals surface area contributed by atoms with Crippen LogP contribution >= 0.6 is 0 Å². The van der Waals surface area contributed by atoms with Gasteiger partial charge in [-0.15, -0.1) is 0 Å². The van der Waals surface area contributed by atoms with Crippen molar-refractivity contribution >= 4 is 5.82 Å². The van der Waals surface area contributed by atoms with Crippen molar-refractivity contribution in [3.8, 4) is 0 Å². The van der Waals surface area contributed by atoms with E-state index in [4.69, 9.17) is 0 Å².